The molecule has 0 spiro atoms. The van der Waals surface area contributed by atoms with Gasteiger partial charge in [-0.1, -0.05) is 19.1 Å². The highest BCUT2D eigenvalue weighted by Gasteiger charge is 2.22. The second-order valence-corrected chi connectivity index (χ2v) is 7.93. The van der Waals surface area contributed by atoms with Gasteiger partial charge in [0, 0.05) is 47.9 Å². The lowest BCUT2D eigenvalue weighted by atomic mass is 9.99. The average molecular weight is 365 g/mol. The molecule has 0 bridgehead atoms. The zero-order valence-corrected chi connectivity index (χ0v) is 16.1. The van der Waals surface area contributed by atoms with Crippen molar-refractivity contribution < 1.29 is 4.39 Å². The third-order valence-corrected chi connectivity index (χ3v) is 5.67. The lowest BCUT2D eigenvalue weighted by Crippen LogP contribution is -2.20. The molecule has 0 radical (unpaired) electrons. The largest absolute Gasteiger partial charge is 0.386 e. The zero-order chi connectivity index (χ0) is 18.8. The van der Waals surface area contributed by atoms with E-state index in [1.165, 1.54) is 18.5 Å². The number of nitrogens with one attached hydrogen (secondary N) is 2. The minimum atomic E-state index is -0.172. The Hall–Kier alpha value is -2.36. The van der Waals surface area contributed by atoms with E-state index < -0.39 is 0 Å². The van der Waals surface area contributed by atoms with Gasteiger partial charge in [0.2, 0.25) is 0 Å². The lowest BCUT2D eigenvalue weighted by molar-refractivity contribution is 0.568. The van der Waals surface area contributed by atoms with Crippen molar-refractivity contribution in [2.45, 2.75) is 58.0 Å². The fraction of sp³-hybridized carbons (Fsp3) is 0.435. The smallest absolute Gasteiger partial charge is 0.131 e. The number of halogens is 1. The van der Waals surface area contributed by atoms with Crippen molar-refractivity contribution in [2.75, 3.05) is 0 Å². The van der Waals surface area contributed by atoms with Crippen LogP contribution in [0.1, 0.15) is 56.8 Å². The van der Waals surface area contributed by atoms with Crippen molar-refractivity contribution in [3.05, 3.63) is 65.5 Å². The Morgan fingerprint density at radius 1 is 1.26 bits per heavy atom. The minimum Gasteiger partial charge on any atom is -0.386 e. The molecule has 1 unspecified atom stereocenters. The first-order chi connectivity index (χ1) is 13.1. The molecule has 1 fully saturated rings. The molecule has 1 aliphatic carbocycles. The molecule has 0 amide bonds. The van der Waals surface area contributed by atoms with Gasteiger partial charge in [-0.2, -0.15) is 0 Å². The molecule has 142 valence electrons. The summed E-state index contributed by atoms with van der Waals surface area (Å²) in [4.78, 5) is 4.45. The summed E-state index contributed by atoms with van der Waals surface area (Å²) in [5, 5.41) is 6.88. The minimum absolute atomic E-state index is 0.0695. The molecular formula is C23H28FN3. The maximum Gasteiger partial charge on any atom is 0.131 e. The molecular weight excluding hydrogens is 337 g/mol. The van der Waals surface area contributed by atoms with Crippen molar-refractivity contribution in [2.24, 2.45) is 5.92 Å². The van der Waals surface area contributed by atoms with Crippen LogP contribution >= 0.6 is 0 Å². The predicted octanol–water partition coefficient (Wildman–Crippen LogP) is 5.10. The summed E-state index contributed by atoms with van der Waals surface area (Å²) in [6.07, 6.45) is 9.56. The Bertz CT molecular complexity index is 841. The van der Waals surface area contributed by atoms with Gasteiger partial charge in [-0.25, -0.2) is 4.39 Å². The standard InChI is InChI=1S/C23H28FN3/c1-3-19-13-21(14-26-19)27-15(2)17-6-7-22(23(24)12-17)18-8-9-25-20(11-18)10-16-4-5-16/h6-9,11-12,14-16,19,26-27H,3-5,10,13H2,1-2H3/t15?,19-/m0/s1. The first-order valence-corrected chi connectivity index (χ1v) is 10.1. The highest BCUT2D eigenvalue weighted by Crippen LogP contribution is 2.33. The summed E-state index contributed by atoms with van der Waals surface area (Å²) in [5.41, 5.74) is 4.79. The zero-order valence-electron chi connectivity index (χ0n) is 16.1. The summed E-state index contributed by atoms with van der Waals surface area (Å²) in [6, 6.07) is 10.1. The van der Waals surface area contributed by atoms with Crippen LogP contribution in [0.3, 0.4) is 0 Å². The van der Waals surface area contributed by atoms with Gasteiger partial charge in [0.25, 0.3) is 0 Å². The molecule has 1 aromatic carbocycles. The number of benzene rings is 1. The molecule has 4 rings (SSSR count). The van der Waals surface area contributed by atoms with E-state index >= 15 is 0 Å². The predicted molar refractivity (Wildman–Crippen MR) is 108 cm³/mol. The molecule has 1 saturated carbocycles. The van der Waals surface area contributed by atoms with E-state index in [2.05, 4.69) is 29.5 Å². The molecule has 2 aromatic rings. The van der Waals surface area contributed by atoms with E-state index in [9.17, 15) is 4.39 Å². The average Bonchev–Trinajstić information content (AvgIpc) is 3.37. The molecule has 2 heterocycles. The van der Waals surface area contributed by atoms with Crippen molar-refractivity contribution in [3.63, 3.8) is 0 Å². The normalized spacial score (nSPS) is 20.1. The second kappa shape index (κ2) is 7.71. The van der Waals surface area contributed by atoms with Gasteiger partial charge in [0.1, 0.15) is 5.82 Å². The third-order valence-electron chi connectivity index (χ3n) is 5.67. The van der Waals surface area contributed by atoms with Crippen molar-refractivity contribution in [1.29, 1.82) is 0 Å². The van der Waals surface area contributed by atoms with E-state index in [4.69, 9.17) is 0 Å². The van der Waals surface area contributed by atoms with Crippen LogP contribution in [0.15, 0.2) is 48.4 Å². The summed E-state index contributed by atoms with van der Waals surface area (Å²) < 4.78 is 14.9. The molecule has 1 aliphatic heterocycles. The Morgan fingerprint density at radius 2 is 2.11 bits per heavy atom. The molecule has 1 aromatic heterocycles. The molecule has 4 heteroatoms. The van der Waals surface area contributed by atoms with Gasteiger partial charge in [-0.3, -0.25) is 4.98 Å². The Labute approximate surface area is 161 Å². The molecule has 2 aliphatic rings. The summed E-state index contributed by atoms with van der Waals surface area (Å²) in [5.74, 6) is 0.605. The highest BCUT2D eigenvalue weighted by molar-refractivity contribution is 5.64. The molecule has 2 N–H and O–H groups in total. The Morgan fingerprint density at radius 3 is 2.81 bits per heavy atom. The van der Waals surface area contributed by atoms with E-state index in [0.29, 0.717) is 11.6 Å². The number of hydrogen-bond acceptors (Lipinski definition) is 3. The van der Waals surface area contributed by atoms with E-state index in [1.807, 2.05) is 30.5 Å². The maximum atomic E-state index is 14.9. The van der Waals surface area contributed by atoms with Crippen LogP contribution in [-0.2, 0) is 6.42 Å². The SMILES string of the molecule is CC[C@H]1CC(NC(C)c2ccc(-c3ccnc(CC4CC4)c3)c(F)c2)=CN1. The molecule has 27 heavy (non-hydrogen) atoms. The van der Waals surface area contributed by atoms with Crippen LogP contribution in [0.4, 0.5) is 4.39 Å². The molecule has 0 saturated heterocycles. The third kappa shape index (κ3) is 4.32. The van der Waals surface area contributed by atoms with Crippen LogP contribution in [0.2, 0.25) is 0 Å². The van der Waals surface area contributed by atoms with E-state index in [-0.39, 0.29) is 11.9 Å². The fourth-order valence-electron chi connectivity index (χ4n) is 3.74. The summed E-state index contributed by atoms with van der Waals surface area (Å²) in [7, 11) is 0. The maximum absolute atomic E-state index is 14.9. The van der Waals surface area contributed by atoms with Crippen LogP contribution in [-0.4, -0.2) is 11.0 Å². The number of aromatic nitrogens is 1. The Balaban J connectivity index is 1.47. The number of rotatable bonds is 7. The van der Waals surface area contributed by atoms with Crippen LogP contribution in [0.5, 0.6) is 0 Å². The van der Waals surface area contributed by atoms with Gasteiger partial charge in [0.15, 0.2) is 0 Å². The fourth-order valence-corrected chi connectivity index (χ4v) is 3.74. The van der Waals surface area contributed by atoms with Crippen molar-refractivity contribution in [3.8, 4) is 11.1 Å². The lowest BCUT2D eigenvalue weighted by Gasteiger charge is -2.18. The van der Waals surface area contributed by atoms with Crippen LogP contribution in [0, 0.1) is 11.7 Å². The van der Waals surface area contributed by atoms with Crippen LogP contribution in [0.25, 0.3) is 11.1 Å². The van der Waals surface area contributed by atoms with Gasteiger partial charge in [-0.05, 0) is 67.9 Å². The van der Waals surface area contributed by atoms with Gasteiger partial charge < -0.3 is 10.6 Å². The Kier molecular flexibility index (Phi) is 5.15. The first-order valence-electron chi connectivity index (χ1n) is 10.1. The number of pyridine rings is 1. The molecule has 2 atom stereocenters. The topological polar surface area (TPSA) is 37.0 Å². The van der Waals surface area contributed by atoms with E-state index in [0.717, 1.165) is 42.0 Å². The summed E-state index contributed by atoms with van der Waals surface area (Å²) in [6.45, 7) is 4.26. The van der Waals surface area contributed by atoms with Crippen molar-refractivity contribution in [1.82, 2.24) is 15.6 Å². The highest BCUT2D eigenvalue weighted by atomic mass is 19.1. The monoisotopic (exact) mass is 365 g/mol. The van der Waals surface area contributed by atoms with Gasteiger partial charge in [-0.15, -0.1) is 0 Å². The summed E-state index contributed by atoms with van der Waals surface area (Å²) >= 11 is 0. The number of hydrogen-bond donors (Lipinski definition) is 2. The quantitative estimate of drug-likeness (QED) is 0.716. The van der Waals surface area contributed by atoms with E-state index in [1.54, 1.807) is 12.3 Å². The van der Waals surface area contributed by atoms with Gasteiger partial charge >= 0.3 is 0 Å². The molecule has 3 nitrogen and oxygen atoms in total. The first kappa shape index (κ1) is 18.0. The van der Waals surface area contributed by atoms with Gasteiger partial charge in [0.05, 0.1) is 0 Å². The second-order valence-electron chi connectivity index (χ2n) is 7.93. The van der Waals surface area contributed by atoms with Crippen molar-refractivity contribution >= 4 is 0 Å². The number of nitrogens with zero attached hydrogens (tertiary/aromatic N) is 1. The van der Waals surface area contributed by atoms with Crippen LogP contribution < -0.4 is 10.6 Å².